The average molecular weight is 429 g/mol. The van der Waals surface area contributed by atoms with Gasteiger partial charge in [-0.25, -0.2) is 8.42 Å². The highest BCUT2D eigenvalue weighted by Crippen LogP contribution is 2.35. The second-order valence-electron chi connectivity index (χ2n) is 8.07. The molecule has 1 heterocycles. The zero-order chi connectivity index (χ0) is 21.3. The lowest BCUT2D eigenvalue weighted by Crippen LogP contribution is -2.51. The maximum Gasteiger partial charge on any atom is 0.263 e. The van der Waals surface area contributed by atoms with Gasteiger partial charge in [-0.3, -0.25) is 9.10 Å². The van der Waals surface area contributed by atoms with Crippen molar-refractivity contribution in [2.24, 2.45) is 0 Å². The summed E-state index contributed by atoms with van der Waals surface area (Å²) in [4.78, 5) is 13.1. The molecule has 1 aliphatic heterocycles. The summed E-state index contributed by atoms with van der Waals surface area (Å²) in [6.07, 6.45) is 5.62. The van der Waals surface area contributed by atoms with Gasteiger partial charge in [0.1, 0.15) is 5.75 Å². The van der Waals surface area contributed by atoms with Crippen LogP contribution in [-0.4, -0.2) is 33.2 Å². The van der Waals surface area contributed by atoms with Gasteiger partial charge in [-0.2, -0.15) is 0 Å². The van der Waals surface area contributed by atoms with Crippen LogP contribution in [0.25, 0.3) is 0 Å². The van der Waals surface area contributed by atoms with Gasteiger partial charge in [-0.05, 0) is 60.9 Å². The number of hydrogen-bond donors (Lipinski definition) is 1. The largest absolute Gasteiger partial charge is 0.476 e. The quantitative estimate of drug-likeness (QED) is 0.792. The van der Waals surface area contributed by atoms with Crippen LogP contribution in [0, 0.1) is 0 Å². The van der Waals surface area contributed by atoms with Gasteiger partial charge in [0.25, 0.3) is 5.91 Å². The zero-order valence-electron chi connectivity index (χ0n) is 17.4. The first kappa shape index (κ1) is 20.7. The molecule has 6 nitrogen and oxygen atoms in total. The predicted octanol–water partition coefficient (Wildman–Crippen LogP) is 3.36. The van der Waals surface area contributed by atoms with Gasteiger partial charge in [0.2, 0.25) is 10.0 Å². The first-order valence-electron chi connectivity index (χ1n) is 10.5. The molecule has 0 saturated carbocycles. The molecule has 0 unspecified atom stereocenters. The van der Waals surface area contributed by atoms with Crippen molar-refractivity contribution in [3.63, 3.8) is 0 Å². The van der Waals surface area contributed by atoms with Crippen LogP contribution >= 0.6 is 0 Å². The summed E-state index contributed by atoms with van der Waals surface area (Å²) in [5.74, 6) is 0.0962. The van der Waals surface area contributed by atoms with Gasteiger partial charge in [-0.15, -0.1) is 0 Å². The molecule has 160 valence electrons. The molecular weight excluding hydrogens is 400 g/mol. The number of para-hydroxylation sites is 2. The summed E-state index contributed by atoms with van der Waals surface area (Å²) in [5.41, 5.74) is 4.33. The fourth-order valence-corrected chi connectivity index (χ4v) is 5.22. The number of rotatable bonds is 5. The maximum absolute atomic E-state index is 13.1. The molecule has 2 atom stereocenters. The van der Waals surface area contributed by atoms with Crippen LogP contribution in [0.5, 0.6) is 5.75 Å². The van der Waals surface area contributed by atoms with Crippen molar-refractivity contribution in [2.45, 2.75) is 51.2 Å². The molecule has 1 N–H and O–H groups in total. The molecule has 0 saturated heterocycles. The van der Waals surface area contributed by atoms with Crippen molar-refractivity contribution in [1.29, 1.82) is 0 Å². The van der Waals surface area contributed by atoms with Gasteiger partial charge < -0.3 is 10.1 Å². The first-order chi connectivity index (χ1) is 14.4. The van der Waals surface area contributed by atoms with Crippen LogP contribution in [0.15, 0.2) is 42.5 Å². The average Bonchev–Trinajstić information content (AvgIpc) is 2.75. The minimum atomic E-state index is -3.53. The van der Waals surface area contributed by atoms with E-state index in [0.29, 0.717) is 11.4 Å². The molecule has 2 aromatic rings. The molecule has 30 heavy (non-hydrogen) atoms. The third kappa shape index (κ3) is 4.17. The Kier molecular flexibility index (Phi) is 5.73. The number of hydrogen-bond acceptors (Lipinski definition) is 4. The van der Waals surface area contributed by atoms with Crippen molar-refractivity contribution in [3.8, 4) is 5.75 Å². The molecule has 2 aromatic carbocycles. The van der Waals surface area contributed by atoms with Crippen molar-refractivity contribution >= 4 is 21.6 Å². The Balaban J connectivity index is 1.54. The lowest BCUT2D eigenvalue weighted by Gasteiger charge is -2.34. The smallest absolute Gasteiger partial charge is 0.263 e. The number of anilines is 1. The summed E-state index contributed by atoms with van der Waals surface area (Å²) in [5, 5.41) is 3.08. The van der Waals surface area contributed by atoms with Crippen LogP contribution < -0.4 is 14.4 Å². The van der Waals surface area contributed by atoms with E-state index in [-0.39, 0.29) is 18.5 Å². The van der Waals surface area contributed by atoms with Gasteiger partial charge >= 0.3 is 0 Å². The molecular formula is C23H28N2O4S. The Morgan fingerprint density at radius 1 is 1.17 bits per heavy atom. The third-order valence-corrected chi connectivity index (χ3v) is 7.07. The van der Waals surface area contributed by atoms with Crippen molar-refractivity contribution in [2.75, 3.05) is 17.1 Å². The number of sulfonamides is 1. The molecule has 0 radical (unpaired) electrons. The van der Waals surface area contributed by atoms with Gasteiger partial charge in [-0.1, -0.05) is 37.3 Å². The molecule has 0 bridgehead atoms. The second kappa shape index (κ2) is 8.30. The molecule has 1 aliphatic carbocycles. The number of nitrogens with zero attached hydrogens (tertiary/aromatic N) is 1. The fraction of sp³-hybridized carbons (Fsp3) is 0.435. The highest BCUT2D eigenvalue weighted by Gasteiger charge is 2.35. The third-order valence-electron chi connectivity index (χ3n) is 5.93. The van der Waals surface area contributed by atoms with Gasteiger partial charge in [0.05, 0.1) is 24.5 Å². The fourth-order valence-electron chi connectivity index (χ4n) is 4.31. The van der Waals surface area contributed by atoms with E-state index in [4.69, 9.17) is 4.74 Å². The maximum atomic E-state index is 13.1. The lowest BCUT2D eigenvalue weighted by molar-refractivity contribution is -0.128. The summed E-state index contributed by atoms with van der Waals surface area (Å²) in [6.45, 7) is 1.99. The van der Waals surface area contributed by atoms with Gasteiger partial charge in [0, 0.05) is 0 Å². The Morgan fingerprint density at radius 3 is 2.63 bits per heavy atom. The van der Waals surface area contributed by atoms with E-state index in [1.54, 1.807) is 24.3 Å². The number of nitrogens with one attached hydrogen (secondary N) is 1. The molecule has 1 amide bonds. The predicted molar refractivity (Wildman–Crippen MR) is 117 cm³/mol. The number of benzene rings is 2. The standard InChI is InChI=1S/C23H28N2O4S/c1-3-19(18-13-12-16-8-4-5-9-17(16)14-18)24-23(26)22-15-25(30(2,27)28)20-10-6-7-11-21(20)29-22/h6-7,10-14,19,22H,3-5,8-9,15H2,1-2H3,(H,24,26)/t19-,22-/m0/s1. The topological polar surface area (TPSA) is 75.7 Å². The number of carbonyl (C=O) groups is 1. The van der Waals surface area contributed by atoms with E-state index in [0.717, 1.165) is 31.1 Å². The SMILES string of the molecule is CC[C@H](NC(=O)[C@@H]1CN(S(C)(=O)=O)c2ccccc2O1)c1ccc2c(c1)CCCC2. The lowest BCUT2D eigenvalue weighted by atomic mass is 9.88. The van der Waals surface area contributed by atoms with E-state index in [1.807, 2.05) is 6.92 Å². The van der Waals surface area contributed by atoms with E-state index in [9.17, 15) is 13.2 Å². The van der Waals surface area contributed by atoms with Crippen molar-refractivity contribution in [1.82, 2.24) is 5.32 Å². The number of amides is 1. The zero-order valence-corrected chi connectivity index (χ0v) is 18.2. The highest BCUT2D eigenvalue weighted by molar-refractivity contribution is 7.92. The number of aryl methyl sites for hydroxylation is 2. The van der Waals surface area contributed by atoms with Crippen LogP contribution in [0.4, 0.5) is 5.69 Å². The molecule has 7 heteroatoms. The van der Waals surface area contributed by atoms with Crippen molar-refractivity contribution in [3.05, 3.63) is 59.2 Å². The normalized spacial score (nSPS) is 19.3. The summed E-state index contributed by atoms with van der Waals surface area (Å²) in [6, 6.07) is 13.2. The Hall–Kier alpha value is -2.54. The van der Waals surface area contributed by atoms with Crippen LogP contribution in [0.2, 0.25) is 0 Å². The minimum Gasteiger partial charge on any atom is -0.476 e. The van der Waals surface area contributed by atoms with E-state index in [1.165, 1.54) is 28.3 Å². The van der Waals surface area contributed by atoms with E-state index < -0.39 is 16.1 Å². The van der Waals surface area contributed by atoms with Crippen LogP contribution in [0.3, 0.4) is 0 Å². The number of ether oxygens (including phenoxy) is 1. The molecule has 0 aromatic heterocycles. The van der Waals surface area contributed by atoms with Gasteiger partial charge in [0.15, 0.2) is 6.10 Å². The van der Waals surface area contributed by atoms with Crippen LogP contribution in [0.1, 0.15) is 48.9 Å². The highest BCUT2D eigenvalue weighted by atomic mass is 32.2. The van der Waals surface area contributed by atoms with E-state index in [2.05, 4.69) is 23.5 Å². The van der Waals surface area contributed by atoms with Crippen molar-refractivity contribution < 1.29 is 17.9 Å². The summed E-state index contributed by atoms with van der Waals surface area (Å²) >= 11 is 0. The second-order valence-corrected chi connectivity index (χ2v) is 9.98. The monoisotopic (exact) mass is 428 g/mol. The molecule has 2 aliphatic rings. The number of carbonyl (C=O) groups excluding carboxylic acids is 1. The Bertz CT molecular complexity index is 1050. The van der Waals surface area contributed by atoms with Crippen LogP contribution in [-0.2, 0) is 27.7 Å². The molecule has 4 rings (SSSR count). The Labute approximate surface area is 178 Å². The summed E-state index contributed by atoms with van der Waals surface area (Å²) in [7, 11) is -3.53. The van der Waals surface area contributed by atoms with E-state index >= 15 is 0 Å². The minimum absolute atomic E-state index is 0.0394. The molecule has 0 spiro atoms. The number of fused-ring (bicyclic) bond motifs is 2. The Morgan fingerprint density at radius 2 is 1.90 bits per heavy atom. The summed E-state index contributed by atoms with van der Waals surface area (Å²) < 4.78 is 31.7. The first-order valence-corrected chi connectivity index (χ1v) is 12.4. The molecule has 0 fully saturated rings.